The molecule has 0 aliphatic carbocycles. The molecule has 14 heteroatoms. The maximum Gasteiger partial charge on any atom is 0.242 e. The average molecular weight is 834 g/mol. The smallest absolute Gasteiger partial charge is 0.242 e. The van der Waals surface area contributed by atoms with E-state index in [1.54, 1.807) is 42.5 Å². The fourth-order valence-electron chi connectivity index (χ4n) is 4.92. The summed E-state index contributed by atoms with van der Waals surface area (Å²) in [6.45, 7) is 5.11. The van der Waals surface area contributed by atoms with Gasteiger partial charge in [0.1, 0.15) is 20.7 Å². The molecule has 0 bridgehead atoms. The van der Waals surface area contributed by atoms with Crippen molar-refractivity contribution in [1.29, 1.82) is 0 Å². The molecule has 2 N–H and O–H groups in total. The number of nitrogens with two attached hydrogens (primary N) is 1. The number of methoxy groups -OCH3 is 2. The van der Waals surface area contributed by atoms with Crippen molar-refractivity contribution < 1.29 is 19.1 Å². The normalized spacial score (nSPS) is 17.1. The zero-order valence-corrected chi connectivity index (χ0v) is 31.2. The summed E-state index contributed by atoms with van der Waals surface area (Å²) in [5.74, 6) is 3.03. The Morgan fingerprint density at radius 1 is 0.809 bits per heavy atom. The van der Waals surface area contributed by atoms with E-state index in [-0.39, 0.29) is 22.6 Å². The number of hydrogen-bond acceptors (Lipinski definition) is 9. The highest BCUT2D eigenvalue weighted by Gasteiger charge is 2.34. The SMILES string of the molecule is COc1cccc(CC2CCN(c3cnc(Br)c(C)n3)C2=O)c1.COc1cccc(N)c1.Cc1nc(N2CCC(Br)C2=O)cnc1Br. The molecule has 4 aromatic rings. The molecular formula is C33H36Br3N7O4. The first-order chi connectivity index (χ1) is 22.5. The van der Waals surface area contributed by atoms with Gasteiger partial charge in [-0.2, -0.15) is 0 Å². The van der Waals surface area contributed by atoms with E-state index in [1.807, 2.05) is 56.3 Å². The lowest BCUT2D eigenvalue weighted by Gasteiger charge is -2.16. The highest BCUT2D eigenvalue weighted by molar-refractivity contribution is 9.10. The van der Waals surface area contributed by atoms with Gasteiger partial charge in [0.15, 0.2) is 11.6 Å². The van der Waals surface area contributed by atoms with E-state index in [0.717, 1.165) is 53.4 Å². The topological polar surface area (TPSA) is 137 Å². The van der Waals surface area contributed by atoms with Gasteiger partial charge in [0.05, 0.1) is 42.8 Å². The molecule has 2 aromatic carbocycles. The molecule has 2 fully saturated rings. The van der Waals surface area contributed by atoms with E-state index >= 15 is 0 Å². The third-order valence-corrected chi connectivity index (χ3v) is 9.87. The van der Waals surface area contributed by atoms with Crippen LogP contribution in [-0.4, -0.2) is 63.9 Å². The summed E-state index contributed by atoms with van der Waals surface area (Å²) in [6, 6.07) is 15.2. The summed E-state index contributed by atoms with van der Waals surface area (Å²) < 4.78 is 11.6. The highest BCUT2D eigenvalue weighted by atomic mass is 79.9. The number of aromatic nitrogens is 4. The third kappa shape index (κ3) is 9.71. The lowest BCUT2D eigenvalue weighted by molar-refractivity contribution is -0.120. The van der Waals surface area contributed by atoms with Gasteiger partial charge < -0.3 is 15.2 Å². The van der Waals surface area contributed by atoms with E-state index in [9.17, 15) is 9.59 Å². The van der Waals surface area contributed by atoms with Crippen LogP contribution < -0.4 is 25.0 Å². The van der Waals surface area contributed by atoms with Crippen LogP contribution in [-0.2, 0) is 16.0 Å². The van der Waals surface area contributed by atoms with Crippen LogP contribution in [0.15, 0.2) is 70.1 Å². The summed E-state index contributed by atoms with van der Waals surface area (Å²) >= 11 is 9.94. The molecule has 2 aliphatic heterocycles. The van der Waals surface area contributed by atoms with Gasteiger partial charge >= 0.3 is 0 Å². The molecule has 2 saturated heterocycles. The van der Waals surface area contributed by atoms with Crippen molar-refractivity contribution in [3.8, 4) is 11.5 Å². The Labute approximate surface area is 299 Å². The molecule has 11 nitrogen and oxygen atoms in total. The number of alkyl halides is 1. The molecule has 2 amide bonds. The first-order valence-corrected chi connectivity index (χ1v) is 17.3. The van der Waals surface area contributed by atoms with Crippen LogP contribution in [0.1, 0.15) is 29.8 Å². The number of amides is 2. The molecule has 2 unspecified atom stereocenters. The van der Waals surface area contributed by atoms with Crippen molar-refractivity contribution in [2.45, 2.75) is 37.9 Å². The van der Waals surface area contributed by atoms with Gasteiger partial charge in [-0.25, -0.2) is 19.9 Å². The Kier molecular flexibility index (Phi) is 13.1. The highest BCUT2D eigenvalue weighted by Crippen LogP contribution is 2.28. The van der Waals surface area contributed by atoms with Crippen molar-refractivity contribution >= 4 is 76.9 Å². The van der Waals surface area contributed by atoms with Crippen molar-refractivity contribution in [3.63, 3.8) is 0 Å². The second kappa shape index (κ2) is 17.0. The lowest BCUT2D eigenvalue weighted by Crippen LogP contribution is -2.28. The van der Waals surface area contributed by atoms with Crippen LogP contribution in [0.4, 0.5) is 17.3 Å². The van der Waals surface area contributed by atoms with Gasteiger partial charge in [0.2, 0.25) is 11.8 Å². The number of aryl methyl sites for hydroxylation is 2. The predicted octanol–water partition coefficient (Wildman–Crippen LogP) is 6.48. The van der Waals surface area contributed by atoms with E-state index in [4.69, 9.17) is 15.2 Å². The predicted molar refractivity (Wildman–Crippen MR) is 193 cm³/mol. The van der Waals surface area contributed by atoms with Gasteiger partial charge in [0, 0.05) is 30.8 Å². The number of anilines is 3. The number of benzene rings is 2. The third-order valence-electron chi connectivity index (χ3n) is 7.47. The minimum atomic E-state index is -0.0803. The Morgan fingerprint density at radius 3 is 1.83 bits per heavy atom. The van der Waals surface area contributed by atoms with Crippen molar-refractivity contribution in [2.24, 2.45) is 5.92 Å². The fourth-order valence-corrected chi connectivity index (χ4v) is 5.76. The maximum absolute atomic E-state index is 12.7. The van der Waals surface area contributed by atoms with Crippen molar-refractivity contribution in [3.05, 3.63) is 87.1 Å². The van der Waals surface area contributed by atoms with Gasteiger partial charge in [-0.3, -0.25) is 19.4 Å². The zero-order chi connectivity index (χ0) is 34.1. The monoisotopic (exact) mass is 831 g/mol. The number of ether oxygens (including phenoxy) is 2. The molecule has 2 aliphatic rings. The summed E-state index contributed by atoms with van der Waals surface area (Å²) in [7, 11) is 3.27. The summed E-state index contributed by atoms with van der Waals surface area (Å²) in [5, 5.41) is 0. The standard InChI is InChI=1S/C17H18BrN3O2.C9H9Br2N3O.C7H9NO/c1-11-16(18)19-10-15(20-11)21-7-6-13(17(21)22)8-12-4-3-5-14(9-12)23-2;1-5-8(11)12-4-7(13-5)14-3-2-6(10)9(14)15;1-9-7-4-2-3-6(8)5-7/h3-5,9-10,13H,6-8H2,1-2H3;4,6H,2-3H2,1H3;2-5H,8H2,1H3. The molecule has 4 heterocycles. The number of nitrogens with zero attached hydrogens (tertiary/aromatic N) is 6. The Morgan fingerprint density at radius 2 is 1.34 bits per heavy atom. The summed E-state index contributed by atoms with van der Waals surface area (Å²) in [4.78, 5) is 44.8. The van der Waals surface area contributed by atoms with Crippen molar-refractivity contribution in [1.82, 2.24) is 19.9 Å². The summed E-state index contributed by atoms with van der Waals surface area (Å²) in [6.07, 6.45) is 5.61. The minimum absolute atomic E-state index is 0.0205. The Balaban J connectivity index is 0.000000178. The molecule has 6 rings (SSSR count). The largest absolute Gasteiger partial charge is 0.497 e. The maximum atomic E-state index is 12.7. The molecule has 0 spiro atoms. The minimum Gasteiger partial charge on any atom is -0.497 e. The van der Waals surface area contributed by atoms with Gasteiger partial charge in [0.25, 0.3) is 0 Å². The van der Waals surface area contributed by atoms with Crippen LogP contribution in [0.5, 0.6) is 11.5 Å². The lowest BCUT2D eigenvalue weighted by atomic mass is 9.98. The van der Waals surface area contributed by atoms with Crippen LogP contribution in [0.2, 0.25) is 0 Å². The van der Waals surface area contributed by atoms with Crippen LogP contribution in [0, 0.1) is 19.8 Å². The number of carbonyl (C=O) groups is 2. The molecule has 2 aromatic heterocycles. The number of hydrogen-bond donors (Lipinski definition) is 1. The molecule has 2 atom stereocenters. The second-order valence-corrected chi connectivity index (χ2v) is 13.4. The molecule has 0 radical (unpaired) electrons. The number of nitrogen functional groups attached to an aromatic ring is 1. The van der Waals surface area contributed by atoms with E-state index in [1.165, 1.54) is 0 Å². The van der Waals surface area contributed by atoms with Crippen molar-refractivity contribution in [2.75, 3.05) is 42.8 Å². The quantitative estimate of drug-likeness (QED) is 0.171. The second-order valence-electron chi connectivity index (χ2n) is 10.8. The van der Waals surface area contributed by atoms with E-state index < -0.39 is 0 Å². The van der Waals surface area contributed by atoms with E-state index in [0.29, 0.717) is 33.9 Å². The van der Waals surface area contributed by atoms with Gasteiger partial charge in [-0.05, 0) is 94.8 Å². The van der Waals surface area contributed by atoms with Crippen LogP contribution in [0.25, 0.3) is 0 Å². The van der Waals surface area contributed by atoms with Gasteiger partial charge in [-0.15, -0.1) is 0 Å². The molecule has 0 saturated carbocycles. The molecule has 248 valence electrons. The van der Waals surface area contributed by atoms with Crippen LogP contribution >= 0.6 is 47.8 Å². The van der Waals surface area contributed by atoms with E-state index in [2.05, 4.69) is 67.7 Å². The number of rotatable bonds is 6. The molecular weight excluding hydrogens is 798 g/mol. The number of halogens is 3. The zero-order valence-electron chi connectivity index (χ0n) is 26.5. The average Bonchev–Trinajstić information content (AvgIpc) is 3.60. The fraction of sp³-hybridized carbons (Fsp3) is 0.333. The van der Waals surface area contributed by atoms with Crippen LogP contribution in [0.3, 0.4) is 0 Å². The Hall–Kier alpha value is -3.62. The number of carbonyl (C=O) groups excluding carboxylic acids is 2. The first-order valence-electron chi connectivity index (χ1n) is 14.8. The summed E-state index contributed by atoms with van der Waals surface area (Å²) in [5.41, 5.74) is 8.87. The Bertz CT molecular complexity index is 1710. The first kappa shape index (κ1) is 36.2. The molecule has 47 heavy (non-hydrogen) atoms. The van der Waals surface area contributed by atoms with Gasteiger partial charge in [-0.1, -0.05) is 34.1 Å².